The summed E-state index contributed by atoms with van der Waals surface area (Å²) < 4.78 is 0. The summed E-state index contributed by atoms with van der Waals surface area (Å²) in [5.41, 5.74) is 3.59. The Hall–Kier alpha value is -1.95. The van der Waals surface area contributed by atoms with E-state index >= 15 is 0 Å². The van der Waals surface area contributed by atoms with Crippen molar-refractivity contribution in [3.63, 3.8) is 0 Å². The van der Waals surface area contributed by atoms with Crippen LogP contribution in [0.5, 0.6) is 0 Å². The van der Waals surface area contributed by atoms with Crippen LogP contribution in [0.15, 0.2) is 18.2 Å². The second-order valence-electron chi connectivity index (χ2n) is 3.69. The fourth-order valence-electron chi connectivity index (χ4n) is 1.55. The molecule has 1 aromatic carbocycles. The van der Waals surface area contributed by atoms with E-state index < -0.39 is 4.92 Å². The summed E-state index contributed by atoms with van der Waals surface area (Å²) in [6.07, 6.45) is 0.972. The van der Waals surface area contributed by atoms with Crippen LogP contribution in [-0.4, -0.2) is 10.8 Å². The van der Waals surface area contributed by atoms with Crippen molar-refractivity contribution in [2.45, 2.75) is 33.3 Å². The number of nitro groups is 1. The average molecular weight is 252 g/mol. The van der Waals surface area contributed by atoms with E-state index in [-0.39, 0.29) is 18.2 Å². The molecule has 1 N–H and O–H groups in total. The number of benzene rings is 1. The van der Waals surface area contributed by atoms with Crippen LogP contribution in [0.2, 0.25) is 0 Å². The van der Waals surface area contributed by atoms with Gasteiger partial charge in [0.05, 0.1) is 10.5 Å². The van der Waals surface area contributed by atoms with Gasteiger partial charge in [-0.05, 0) is 12.0 Å². The van der Waals surface area contributed by atoms with Gasteiger partial charge < -0.3 is 0 Å². The highest BCUT2D eigenvalue weighted by molar-refractivity contribution is 5.74. The number of hydroxylamine groups is 1. The number of nitro benzene ring substituents is 1. The van der Waals surface area contributed by atoms with Gasteiger partial charge in [0.15, 0.2) is 0 Å². The summed E-state index contributed by atoms with van der Waals surface area (Å²) in [5, 5.41) is 10.9. The van der Waals surface area contributed by atoms with Gasteiger partial charge in [0.25, 0.3) is 5.69 Å². The Labute approximate surface area is 105 Å². The molecule has 98 valence electrons. The number of carbonyl (C=O) groups is 1. The number of hydrogen-bond acceptors (Lipinski definition) is 4. The summed E-state index contributed by atoms with van der Waals surface area (Å²) >= 11 is 0. The second-order valence-corrected chi connectivity index (χ2v) is 3.69. The third-order valence-electron chi connectivity index (χ3n) is 2.55. The molecule has 0 fully saturated rings. The number of aryl methyl sites for hydroxylation is 1. The van der Waals surface area contributed by atoms with E-state index in [1.165, 1.54) is 6.07 Å². The summed E-state index contributed by atoms with van der Waals surface area (Å²) in [5.74, 6) is -0.258. The van der Waals surface area contributed by atoms with Crippen LogP contribution in [0.1, 0.15) is 31.4 Å². The van der Waals surface area contributed by atoms with Crippen molar-refractivity contribution in [1.29, 1.82) is 0 Å². The summed E-state index contributed by atoms with van der Waals surface area (Å²) in [6, 6.07) is 4.89. The first-order valence-corrected chi connectivity index (χ1v) is 5.75. The van der Waals surface area contributed by atoms with Gasteiger partial charge in [-0.2, -0.15) is 0 Å². The predicted octanol–water partition coefficient (Wildman–Crippen LogP) is 2.12. The molecule has 18 heavy (non-hydrogen) atoms. The van der Waals surface area contributed by atoms with Gasteiger partial charge >= 0.3 is 0 Å². The lowest BCUT2D eigenvalue weighted by Gasteiger charge is -2.09. The Morgan fingerprint density at radius 3 is 2.72 bits per heavy atom. The van der Waals surface area contributed by atoms with E-state index in [0.717, 1.165) is 5.56 Å². The molecule has 0 bridgehead atoms. The highest BCUT2D eigenvalue weighted by Crippen LogP contribution is 2.23. The largest absolute Gasteiger partial charge is 0.275 e. The molecule has 0 atom stereocenters. The lowest BCUT2D eigenvalue weighted by atomic mass is 10.0. The SMILES string of the molecule is CCC(=O)NOCc1c(CC)cccc1[N+](=O)[O-]. The van der Waals surface area contributed by atoms with Crippen molar-refractivity contribution in [3.8, 4) is 0 Å². The van der Waals surface area contributed by atoms with Gasteiger partial charge in [-0.3, -0.25) is 19.7 Å². The van der Waals surface area contributed by atoms with E-state index in [9.17, 15) is 14.9 Å². The molecule has 6 nitrogen and oxygen atoms in total. The Bertz CT molecular complexity index is 446. The fraction of sp³-hybridized carbons (Fsp3) is 0.417. The van der Waals surface area contributed by atoms with Crippen molar-refractivity contribution in [1.82, 2.24) is 5.48 Å². The first-order valence-electron chi connectivity index (χ1n) is 5.75. The number of rotatable bonds is 6. The van der Waals surface area contributed by atoms with Crippen LogP contribution in [0.3, 0.4) is 0 Å². The Balaban J connectivity index is 2.84. The van der Waals surface area contributed by atoms with Gasteiger partial charge in [-0.15, -0.1) is 0 Å². The smallest absolute Gasteiger partial charge is 0.273 e. The zero-order valence-corrected chi connectivity index (χ0v) is 10.4. The first kappa shape index (κ1) is 14.1. The minimum atomic E-state index is -0.445. The molecule has 0 heterocycles. The summed E-state index contributed by atoms with van der Waals surface area (Å²) in [6.45, 7) is 3.60. The highest BCUT2D eigenvalue weighted by Gasteiger charge is 2.16. The monoisotopic (exact) mass is 252 g/mol. The zero-order chi connectivity index (χ0) is 13.5. The van der Waals surface area contributed by atoms with Crippen LogP contribution in [0, 0.1) is 10.1 Å². The molecule has 0 spiro atoms. The second kappa shape index (κ2) is 6.70. The van der Waals surface area contributed by atoms with E-state index in [4.69, 9.17) is 4.84 Å². The van der Waals surface area contributed by atoms with Gasteiger partial charge in [0.1, 0.15) is 6.61 Å². The number of carbonyl (C=O) groups excluding carboxylic acids is 1. The molecule has 0 radical (unpaired) electrons. The quantitative estimate of drug-likeness (QED) is 0.621. The minimum Gasteiger partial charge on any atom is -0.273 e. The van der Waals surface area contributed by atoms with Crippen LogP contribution in [0.4, 0.5) is 5.69 Å². The Morgan fingerprint density at radius 2 is 2.17 bits per heavy atom. The average Bonchev–Trinajstić information content (AvgIpc) is 2.38. The first-order chi connectivity index (χ1) is 8.60. The van der Waals surface area contributed by atoms with Crippen molar-refractivity contribution < 1.29 is 14.6 Å². The molecule has 1 rings (SSSR count). The molecule has 0 unspecified atom stereocenters. The molecule has 0 aliphatic heterocycles. The number of amides is 1. The van der Waals surface area contributed by atoms with E-state index in [1.54, 1.807) is 13.0 Å². The standard InChI is InChI=1S/C12H16N2O4/c1-3-9-6-5-7-11(14(16)17)10(9)8-18-13-12(15)4-2/h5-7H,3-4,8H2,1-2H3,(H,13,15). The maximum atomic E-state index is 11.0. The molecule has 1 aromatic rings. The molecule has 0 saturated heterocycles. The lowest BCUT2D eigenvalue weighted by Crippen LogP contribution is -2.22. The lowest BCUT2D eigenvalue weighted by molar-refractivity contribution is -0.386. The minimum absolute atomic E-state index is 0.00787. The fourth-order valence-corrected chi connectivity index (χ4v) is 1.55. The predicted molar refractivity (Wildman–Crippen MR) is 65.7 cm³/mol. The molecule has 0 aliphatic rings. The van der Waals surface area contributed by atoms with Crippen LogP contribution >= 0.6 is 0 Å². The van der Waals surface area contributed by atoms with E-state index in [2.05, 4.69) is 5.48 Å². The van der Waals surface area contributed by atoms with Crippen LogP contribution < -0.4 is 5.48 Å². The summed E-state index contributed by atoms with van der Waals surface area (Å²) in [7, 11) is 0. The van der Waals surface area contributed by atoms with Gasteiger partial charge in [0, 0.05) is 12.5 Å². The molecule has 0 aliphatic carbocycles. The molecular weight excluding hydrogens is 236 g/mol. The van der Waals surface area contributed by atoms with Gasteiger partial charge in [-0.1, -0.05) is 26.0 Å². The Kier molecular flexibility index (Phi) is 5.26. The summed E-state index contributed by atoms with van der Waals surface area (Å²) in [4.78, 5) is 26.5. The van der Waals surface area contributed by atoms with Crippen molar-refractivity contribution in [2.24, 2.45) is 0 Å². The maximum absolute atomic E-state index is 11.0. The molecule has 0 aromatic heterocycles. The van der Waals surface area contributed by atoms with Crippen LogP contribution in [0.25, 0.3) is 0 Å². The molecule has 0 saturated carbocycles. The van der Waals surface area contributed by atoms with Crippen molar-refractivity contribution in [2.75, 3.05) is 0 Å². The third kappa shape index (κ3) is 3.53. The van der Waals surface area contributed by atoms with E-state index in [0.29, 0.717) is 18.4 Å². The maximum Gasteiger partial charge on any atom is 0.275 e. The van der Waals surface area contributed by atoms with Gasteiger partial charge in [0.2, 0.25) is 5.91 Å². The normalized spacial score (nSPS) is 10.1. The van der Waals surface area contributed by atoms with E-state index in [1.807, 2.05) is 13.0 Å². The third-order valence-corrected chi connectivity index (χ3v) is 2.55. The zero-order valence-electron chi connectivity index (χ0n) is 10.4. The number of nitrogens with one attached hydrogen (secondary N) is 1. The Morgan fingerprint density at radius 1 is 1.44 bits per heavy atom. The molecule has 1 amide bonds. The number of hydrogen-bond donors (Lipinski definition) is 1. The van der Waals surface area contributed by atoms with Crippen LogP contribution in [-0.2, 0) is 22.7 Å². The molecular formula is C12H16N2O4. The van der Waals surface area contributed by atoms with Crippen molar-refractivity contribution in [3.05, 3.63) is 39.4 Å². The molecule has 6 heteroatoms. The van der Waals surface area contributed by atoms with Gasteiger partial charge in [-0.25, -0.2) is 5.48 Å². The highest BCUT2D eigenvalue weighted by atomic mass is 16.7. The van der Waals surface area contributed by atoms with Crippen molar-refractivity contribution >= 4 is 11.6 Å². The number of nitrogens with zero attached hydrogens (tertiary/aromatic N) is 1. The topological polar surface area (TPSA) is 81.5 Å².